The van der Waals surface area contributed by atoms with E-state index in [4.69, 9.17) is 4.98 Å². The number of carbonyl (C=O) groups excluding carboxylic acids is 1. The fourth-order valence-electron chi connectivity index (χ4n) is 4.79. The molecule has 0 radical (unpaired) electrons. The molecule has 1 aliphatic heterocycles. The van der Waals surface area contributed by atoms with Crippen molar-refractivity contribution in [3.8, 4) is 11.1 Å². The fraction of sp³-hybridized carbons (Fsp3) is 0.333. The van der Waals surface area contributed by atoms with Gasteiger partial charge in [0, 0.05) is 57.1 Å². The van der Waals surface area contributed by atoms with Crippen molar-refractivity contribution in [1.29, 1.82) is 0 Å². The van der Waals surface area contributed by atoms with Crippen LogP contribution in [0.3, 0.4) is 0 Å². The predicted molar refractivity (Wildman–Crippen MR) is 146 cm³/mol. The Bertz CT molecular complexity index is 1300. The lowest BCUT2D eigenvalue weighted by Gasteiger charge is -2.36. The largest absolute Gasteiger partial charge is 0.368 e. The molecule has 1 saturated heterocycles. The number of ketones is 1. The summed E-state index contributed by atoms with van der Waals surface area (Å²) in [7, 11) is 0. The van der Waals surface area contributed by atoms with Gasteiger partial charge in [0.25, 0.3) is 0 Å². The van der Waals surface area contributed by atoms with Crippen LogP contribution in [0.25, 0.3) is 22.2 Å². The Hall–Kier alpha value is -3.80. The molecule has 2 aromatic carbocycles. The molecule has 4 aromatic rings. The third-order valence-corrected chi connectivity index (χ3v) is 6.91. The van der Waals surface area contributed by atoms with Crippen molar-refractivity contribution in [3.05, 3.63) is 78.8 Å². The van der Waals surface area contributed by atoms with Crippen LogP contribution in [0.5, 0.6) is 0 Å². The number of nitrogens with zero attached hydrogens (tertiary/aromatic N) is 5. The summed E-state index contributed by atoms with van der Waals surface area (Å²) in [4.78, 5) is 30.7. The first kappa shape index (κ1) is 23.9. The number of carbonyl (C=O) groups is 1. The molecule has 0 unspecified atom stereocenters. The highest BCUT2D eigenvalue weighted by atomic mass is 16.1. The Labute approximate surface area is 213 Å². The molecule has 0 N–H and O–H groups in total. The van der Waals surface area contributed by atoms with Gasteiger partial charge in [-0.1, -0.05) is 50.1 Å². The van der Waals surface area contributed by atoms with Crippen LogP contribution in [0, 0.1) is 0 Å². The maximum absolute atomic E-state index is 12.2. The number of hydrogen-bond acceptors (Lipinski definition) is 6. The maximum atomic E-state index is 12.2. The summed E-state index contributed by atoms with van der Waals surface area (Å²) in [6.07, 6.45) is 10.0. The van der Waals surface area contributed by atoms with Crippen LogP contribution in [0.15, 0.2) is 73.2 Å². The van der Waals surface area contributed by atoms with Gasteiger partial charge in [0.15, 0.2) is 0 Å². The van der Waals surface area contributed by atoms with Crippen molar-refractivity contribution in [2.24, 2.45) is 0 Å². The van der Waals surface area contributed by atoms with Gasteiger partial charge in [0.1, 0.15) is 11.6 Å². The minimum Gasteiger partial charge on any atom is -0.368 e. The van der Waals surface area contributed by atoms with Gasteiger partial charge in [-0.15, -0.1) is 0 Å². The number of pyridine rings is 1. The normalized spacial score (nSPS) is 13.8. The molecule has 0 aliphatic carbocycles. The van der Waals surface area contributed by atoms with Gasteiger partial charge in [-0.3, -0.25) is 14.8 Å². The van der Waals surface area contributed by atoms with Gasteiger partial charge < -0.3 is 9.80 Å². The average Bonchev–Trinajstić information content (AvgIpc) is 2.93. The van der Waals surface area contributed by atoms with Crippen LogP contribution in [0.2, 0.25) is 0 Å². The zero-order valence-corrected chi connectivity index (χ0v) is 20.9. The summed E-state index contributed by atoms with van der Waals surface area (Å²) in [6.45, 7) is 5.85. The van der Waals surface area contributed by atoms with Crippen molar-refractivity contribution in [2.45, 2.75) is 39.0 Å². The van der Waals surface area contributed by atoms with Crippen LogP contribution in [-0.2, 0) is 11.2 Å². The van der Waals surface area contributed by atoms with E-state index in [1.54, 1.807) is 0 Å². The van der Waals surface area contributed by atoms with Gasteiger partial charge in [-0.2, -0.15) is 0 Å². The molecule has 6 nitrogen and oxygen atoms in total. The molecule has 184 valence electrons. The molecule has 3 heterocycles. The third-order valence-electron chi connectivity index (χ3n) is 6.91. The summed E-state index contributed by atoms with van der Waals surface area (Å²) in [5.74, 6) is 1.25. The van der Waals surface area contributed by atoms with Crippen LogP contribution in [0.4, 0.5) is 11.5 Å². The predicted octanol–water partition coefficient (Wildman–Crippen LogP) is 5.71. The molecule has 0 saturated carbocycles. The van der Waals surface area contributed by atoms with Gasteiger partial charge >= 0.3 is 0 Å². The Morgan fingerprint density at radius 1 is 0.833 bits per heavy atom. The number of anilines is 2. The first-order valence-electron chi connectivity index (χ1n) is 13.0. The van der Waals surface area contributed by atoms with Crippen molar-refractivity contribution in [3.63, 3.8) is 0 Å². The van der Waals surface area contributed by atoms with Crippen LogP contribution >= 0.6 is 0 Å². The van der Waals surface area contributed by atoms with E-state index in [9.17, 15) is 4.79 Å². The smallest absolute Gasteiger partial charge is 0.147 e. The average molecular weight is 480 g/mol. The standard InChI is InChI=1S/C30H33N5O/c1-2-3-4-5-27(36)20-23-6-8-24(9-7-23)25-10-11-28-29(21-25)33-30(22-32-28)35-18-16-34(17-19-35)26-12-14-31-15-13-26/h6-15,21-22H,2-5,16-20H2,1H3. The lowest BCUT2D eigenvalue weighted by molar-refractivity contribution is -0.118. The molecule has 2 aromatic heterocycles. The van der Waals surface area contributed by atoms with Crippen molar-refractivity contribution >= 4 is 28.3 Å². The summed E-state index contributed by atoms with van der Waals surface area (Å²) in [6, 6.07) is 18.7. The van der Waals surface area contributed by atoms with E-state index in [-0.39, 0.29) is 0 Å². The van der Waals surface area contributed by atoms with E-state index >= 15 is 0 Å². The molecular weight excluding hydrogens is 446 g/mol. The number of unbranched alkanes of at least 4 members (excludes halogenated alkanes) is 2. The van der Waals surface area contributed by atoms with Gasteiger partial charge in [0.2, 0.25) is 0 Å². The molecule has 5 rings (SSSR count). The number of aromatic nitrogens is 3. The molecule has 0 amide bonds. The zero-order chi connectivity index (χ0) is 24.7. The number of benzene rings is 2. The fourth-order valence-corrected chi connectivity index (χ4v) is 4.79. The number of piperazine rings is 1. The second-order valence-electron chi connectivity index (χ2n) is 9.48. The van der Waals surface area contributed by atoms with Crippen LogP contribution in [-0.4, -0.2) is 46.9 Å². The van der Waals surface area contributed by atoms with Gasteiger partial charge in [-0.25, -0.2) is 4.98 Å². The highest BCUT2D eigenvalue weighted by Crippen LogP contribution is 2.26. The third kappa shape index (κ3) is 5.70. The lowest BCUT2D eigenvalue weighted by atomic mass is 10.00. The number of hydrogen-bond donors (Lipinski definition) is 0. The Morgan fingerprint density at radius 2 is 1.56 bits per heavy atom. The lowest BCUT2D eigenvalue weighted by Crippen LogP contribution is -2.46. The minimum absolute atomic E-state index is 0.325. The summed E-state index contributed by atoms with van der Waals surface area (Å²) < 4.78 is 0. The van der Waals surface area contributed by atoms with Gasteiger partial charge in [-0.05, 0) is 47.4 Å². The molecule has 0 bridgehead atoms. The van der Waals surface area contributed by atoms with E-state index in [0.29, 0.717) is 18.6 Å². The second-order valence-corrected chi connectivity index (χ2v) is 9.48. The second kappa shape index (κ2) is 11.3. The van der Waals surface area contributed by atoms with Crippen molar-refractivity contribution < 1.29 is 4.79 Å². The van der Waals surface area contributed by atoms with Crippen LogP contribution in [0.1, 0.15) is 38.2 Å². The minimum atomic E-state index is 0.325. The van der Waals surface area contributed by atoms with Crippen LogP contribution < -0.4 is 9.80 Å². The number of Topliss-reactive ketones (excluding diaryl/α,β-unsaturated/α-hetero) is 1. The summed E-state index contributed by atoms with van der Waals surface area (Å²) >= 11 is 0. The summed E-state index contributed by atoms with van der Waals surface area (Å²) in [5.41, 5.74) is 6.32. The number of fused-ring (bicyclic) bond motifs is 1. The zero-order valence-electron chi connectivity index (χ0n) is 20.9. The van der Waals surface area contributed by atoms with E-state index in [1.165, 1.54) is 5.69 Å². The number of rotatable bonds is 9. The molecule has 1 aliphatic rings. The molecule has 0 spiro atoms. The molecule has 6 heteroatoms. The van der Waals surface area contributed by atoms with E-state index < -0.39 is 0 Å². The Kier molecular flexibility index (Phi) is 7.50. The maximum Gasteiger partial charge on any atom is 0.147 e. The first-order chi connectivity index (χ1) is 17.7. The quantitative estimate of drug-likeness (QED) is 0.287. The van der Waals surface area contributed by atoms with E-state index in [2.05, 4.69) is 75.2 Å². The summed E-state index contributed by atoms with van der Waals surface area (Å²) in [5, 5.41) is 0. The topological polar surface area (TPSA) is 62.2 Å². The molecule has 1 fully saturated rings. The SMILES string of the molecule is CCCCCC(=O)Cc1ccc(-c2ccc3ncc(N4CCN(c5ccncc5)CC4)nc3c2)cc1. The van der Waals surface area contributed by atoms with Gasteiger partial charge in [0.05, 0.1) is 17.2 Å². The first-order valence-corrected chi connectivity index (χ1v) is 13.0. The molecule has 36 heavy (non-hydrogen) atoms. The highest BCUT2D eigenvalue weighted by molar-refractivity contribution is 5.83. The van der Waals surface area contributed by atoms with E-state index in [0.717, 1.165) is 79.0 Å². The van der Waals surface area contributed by atoms with Crippen molar-refractivity contribution in [2.75, 3.05) is 36.0 Å². The van der Waals surface area contributed by atoms with Crippen molar-refractivity contribution in [1.82, 2.24) is 15.0 Å². The molecule has 0 atom stereocenters. The highest BCUT2D eigenvalue weighted by Gasteiger charge is 2.19. The Balaban J connectivity index is 1.26. The monoisotopic (exact) mass is 479 g/mol. The Morgan fingerprint density at radius 3 is 2.31 bits per heavy atom. The molecular formula is C30H33N5O. The van der Waals surface area contributed by atoms with E-state index in [1.807, 2.05) is 24.7 Å².